The number of nitrogens with one attached hydrogen (secondary N) is 1. The van der Waals surface area contributed by atoms with Crippen LogP contribution in [0.5, 0.6) is 0 Å². The van der Waals surface area contributed by atoms with E-state index in [9.17, 15) is 9.50 Å². The van der Waals surface area contributed by atoms with E-state index in [0.717, 1.165) is 41.4 Å². The smallest absolute Gasteiger partial charge is 0.133 e. The lowest BCUT2D eigenvalue weighted by Crippen LogP contribution is -2.16. The largest absolute Gasteiger partial charge is 0.392 e. The molecule has 0 saturated heterocycles. The van der Waals surface area contributed by atoms with Crippen molar-refractivity contribution in [3.63, 3.8) is 0 Å². The standard InChI is InChI=1S/C22H25FN2O/c1-3-4-7-16-10-11-17-19(12-16)22(24-13-15(2)26)25-14-20(17)18-8-5-6-9-21(18)23/h5-6,8-12,14-15,26H,3-4,7,13H2,1-2H3,(H,24,25). The summed E-state index contributed by atoms with van der Waals surface area (Å²) in [6.45, 7) is 4.32. The van der Waals surface area contributed by atoms with Crippen molar-refractivity contribution in [2.24, 2.45) is 0 Å². The molecule has 3 aromatic rings. The SMILES string of the molecule is CCCCc1ccc2c(-c3ccccc3F)cnc(NCC(C)O)c2c1. The molecule has 136 valence electrons. The van der Waals surface area contributed by atoms with Gasteiger partial charge in [-0.3, -0.25) is 0 Å². The van der Waals surface area contributed by atoms with E-state index in [4.69, 9.17) is 0 Å². The second kappa shape index (κ2) is 8.28. The Morgan fingerprint density at radius 3 is 2.65 bits per heavy atom. The molecule has 0 radical (unpaired) electrons. The van der Waals surface area contributed by atoms with E-state index in [2.05, 4.69) is 35.4 Å². The molecule has 3 rings (SSSR count). The second-order valence-corrected chi connectivity index (χ2v) is 6.71. The molecule has 0 aliphatic rings. The Hall–Kier alpha value is -2.46. The first-order valence-corrected chi connectivity index (χ1v) is 9.18. The lowest BCUT2D eigenvalue weighted by Gasteiger charge is -2.15. The number of anilines is 1. The van der Waals surface area contributed by atoms with Crippen molar-refractivity contribution >= 4 is 16.6 Å². The molecule has 1 aromatic heterocycles. The number of hydrogen-bond donors (Lipinski definition) is 2. The number of aryl methyl sites for hydroxylation is 1. The number of rotatable bonds is 7. The van der Waals surface area contributed by atoms with Gasteiger partial charge in [0.2, 0.25) is 0 Å². The summed E-state index contributed by atoms with van der Waals surface area (Å²) in [6.07, 6.45) is 4.51. The Morgan fingerprint density at radius 1 is 1.12 bits per heavy atom. The maximum Gasteiger partial charge on any atom is 0.133 e. The van der Waals surface area contributed by atoms with Crippen LogP contribution in [-0.2, 0) is 6.42 Å². The topological polar surface area (TPSA) is 45.2 Å². The minimum Gasteiger partial charge on any atom is -0.392 e. The molecular formula is C22H25FN2O. The predicted octanol–water partition coefficient (Wildman–Crippen LogP) is 5.18. The molecule has 0 saturated carbocycles. The van der Waals surface area contributed by atoms with Crippen LogP contribution in [-0.4, -0.2) is 22.7 Å². The quantitative estimate of drug-likeness (QED) is 0.616. The predicted molar refractivity (Wildman–Crippen MR) is 106 cm³/mol. The fraction of sp³-hybridized carbons (Fsp3) is 0.318. The maximum absolute atomic E-state index is 14.3. The lowest BCUT2D eigenvalue weighted by atomic mass is 9.97. The van der Waals surface area contributed by atoms with Gasteiger partial charge in [-0.05, 0) is 42.8 Å². The number of aromatic nitrogens is 1. The number of hydrogen-bond acceptors (Lipinski definition) is 3. The lowest BCUT2D eigenvalue weighted by molar-refractivity contribution is 0.208. The molecule has 4 heteroatoms. The second-order valence-electron chi connectivity index (χ2n) is 6.71. The summed E-state index contributed by atoms with van der Waals surface area (Å²) >= 11 is 0. The summed E-state index contributed by atoms with van der Waals surface area (Å²) in [5, 5.41) is 14.7. The summed E-state index contributed by atoms with van der Waals surface area (Å²) in [6, 6.07) is 13.1. The van der Waals surface area contributed by atoms with Crippen LogP contribution in [0.3, 0.4) is 0 Å². The zero-order valence-corrected chi connectivity index (χ0v) is 15.3. The number of pyridine rings is 1. The molecule has 1 atom stereocenters. The average Bonchev–Trinajstić information content (AvgIpc) is 2.64. The van der Waals surface area contributed by atoms with Crippen molar-refractivity contribution in [3.8, 4) is 11.1 Å². The molecule has 1 heterocycles. The zero-order chi connectivity index (χ0) is 18.5. The average molecular weight is 352 g/mol. The number of nitrogens with zero attached hydrogens (tertiary/aromatic N) is 1. The van der Waals surface area contributed by atoms with Crippen molar-refractivity contribution in [2.45, 2.75) is 39.2 Å². The first-order chi connectivity index (χ1) is 12.6. The highest BCUT2D eigenvalue weighted by Gasteiger charge is 2.13. The Kier molecular flexibility index (Phi) is 5.84. The molecule has 3 nitrogen and oxygen atoms in total. The van der Waals surface area contributed by atoms with Crippen molar-refractivity contribution in [3.05, 3.63) is 60.0 Å². The van der Waals surface area contributed by atoms with Gasteiger partial charge in [0.1, 0.15) is 11.6 Å². The molecule has 0 aliphatic heterocycles. The van der Waals surface area contributed by atoms with Crippen LogP contribution in [0.1, 0.15) is 32.3 Å². The van der Waals surface area contributed by atoms with Gasteiger partial charge in [-0.15, -0.1) is 0 Å². The van der Waals surface area contributed by atoms with Gasteiger partial charge in [0, 0.05) is 29.3 Å². The molecule has 0 bridgehead atoms. The van der Waals surface area contributed by atoms with Gasteiger partial charge in [-0.25, -0.2) is 9.37 Å². The van der Waals surface area contributed by atoms with E-state index in [1.807, 2.05) is 6.07 Å². The maximum atomic E-state index is 14.3. The van der Waals surface area contributed by atoms with E-state index in [0.29, 0.717) is 12.1 Å². The summed E-state index contributed by atoms with van der Waals surface area (Å²) in [5.41, 5.74) is 2.57. The monoisotopic (exact) mass is 352 g/mol. The molecule has 0 fully saturated rings. The zero-order valence-electron chi connectivity index (χ0n) is 15.3. The summed E-state index contributed by atoms with van der Waals surface area (Å²) < 4.78 is 14.3. The third-order valence-electron chi connectivity index (χ3n) is 4.50. The minimum atomic E-state index is -0.471. The van der Waals surface area contributed by atoms with E-state index in [1.54, 1.807) is 25.3 Å². The first kappa shape index (κ1) is 18.3. The normalized spacial score (nSPS) is 12.3. The van der Waals surface area contributed by atoms with Crippen LogP contribution in [0, 0.1) is 5.82 Å². The van der Waals surface area contributed by atoms with E-state index < -0.39 is 6.10 Å². The molecule has 0 aliphatic carbocycles. The van der Waals surface area contributed by atoms with Gasteiger partial charge < -0.3 is 10.4 Å². The Morgan fingerprint density at radius 2 is 1.92 bits per heavy atom. The number of benzene rings is 2. The summed E-state index contributed by atoms with van der Waals surface area (Å²) in [5.74, 6) is 0.467. The van der Waals surface area contributed by atoms with E-state index >= 15 is 0 Å². The first-order valence-electron chi connectivity index (χ1n) is 9.18. The van der Waals surface area contributed by atoms with Crippen LogP contribution in [0.2, 0.25) is 0 Å². The third-order valence-corrected chi connectivity index (χ3v) is 4.50. The Balaban J connectivity index is 2.13. The summed E-state index contributed by atoms with van der Waals surface area (Å²) in [4.78, 5) is 4.53. The van der Waals surface area contributed by atoms with Crippen molar-refractivity contribution in [1.82, 2.24) is 4.98 Å². The molecule has 26 heavy (non-hydrogen) atoms. The fourth-order valence-corrected chi connectivity index (χ4v) is 3.11. The van der Waals surface area contributed by atoms with Gasteiger partial charge in [-0.1, -0.05) is 43.7 Å². The number of unbranched alkanes of at least 4 members (excludes halogenated alkanes) is 1. The number of halogens is 1. The number of fused-ring (bicyclic) bond motifs is 1. The molecular weight excluding hydrogens is 327 g/mol. The molecule has 0 amide bonds. The molecule has 2 N–H and O–H groups in total. The van der Waals surface area contributed by atoms with Crippen LogP contribution in [0.4, 0.5) is 10.2 Å². The van der Waals surface area contributed by atoms with Crippen molar-refractivity contribution in [2.75, 3.05) is 11.9 Å². The fourth-order valence-electron chi connectivity index (χ4n) is 3.11. The van der Waals surface area contributed by atoms with Gasteiger partial charge in [0.25, 0.3) is 0 Å². The summed E-state index contributed by atoms with van der Waals surface area (Å²) in [7, 11) is 0. The third kappa shape index (κ3) is 4.02. The highest BCUT2D eigenvalue weighted by molar-refractivity contribution is 6.02. The minimum absolute atomic E-state index is 0.254. The van der Waals surface area contributed by atoms with Gasteiger partial charge in [-0.2, -0.15) is 0 Å². The van der Waals surface area contributed by atoms with E-state index in [-0.39, 0.29) is 5.82 Å². The van der Waals surface area contributed by atoms with Crippen LogP contribution in [0.15, 0.2) is 48.7 Å². The van der Waals surface area contributed by atoms with Gasteiger partial charge in [0.15, 0.2) is 0 Å². The highest BCUT2D eigenvalue weighted by atomic mass is 19.1. The van der Waals surface area contributed by atoms with Crippen LogP contribution < -0.4 is 5.32 Å². The van der Waals surface area contributed by atoms with Gasteiger partial charge in [0.05, 0.1) is 6.10 Å². The number of aliphatic hydroxyl groups excluding tert-OH is 1. The van der Waals surface area contributed by atoms with Crippen molar-refractivity contribution in [1.29, 1.82) is 0 Å². The molecule has 2 aromatic carbocycles. The van der Waals surface area contributed by atoms with Crippen LogP contribution >= 0.6 is 0 Å². The number of aliphatic hydroxyl groups is 1. The Labute approximate surface area is 153 Å². The highest BCUT2D eigenvalue weighted by Crippen LogP contribution is 2.33. The molecule has 0 spiro atoms. The van der Waals surface area contributed by atoms with E-state index in [1.165, 1.54) is 11.6 Å². The van der Waals surface area contributed by atoms with Crippen molar-refractivity contribution < 1.29 is 9.50 Å². The Bertz CT molecular complexity index is 892. The molecule has 1 unspecified atom stereocenters. The van der Waals surface area contributed by atoms with Crippen LogP contribution in [0.25, 0.3) is 21.9 Å². The van der Waals surface area contributed by atoms with Gasteiger partial charge >= 0.3 is 0 Å².